The Morgan fingerprint density at radius 3 is 2.30 bits per heavy atom. The summed E-state index contributed by atoms with van der Waals surface area (Å²) in [5.41, 5.74) is 0.364. The molecule has 1 aliphatic rings. The van der Waals surface area contributed by atoms with Gasteiger partial charge in [0.1, 0.15) is 18.3 Å². The van der Waals surface area contributed by atoms with E-state index in [2.05, 4.69) is 12.2 Å². The highest BCUT2D eigenvalue weighted by atomic mass is 16.4. The van der Waals surface area contributed by atoms with Crippen molar-refractivity contribution in [2.24, 2.45) is 0 Å². The summed E-state index contributed by atoms with van der Waals surface area (Å²) < 4.78 is 0. The predicted molar refractivity (Wildman–Crippen MR) is 78.4 cm³/mol. The van der Waals surface area contributed by atoms with E-state index in [9.17, 15) is 15.3 Å². The van der Waals surface area contributed by atoms with Gasteiger partial charge in [-0.05, 0) is 18.5 Å². The van der Waals surface area contributed by atoms with Crippen LogP contribution >= 0.6 is 0 Å². The quantitative estimate of drug-likeness (QED) is 0.311. The van der Waals surface area contributed by atoms with Crippen LogP contribution in [0.2, 0.25) is 0 Å². The zero-order valence-electron chi connectivity index (χ0n) is 12.3. The molecule has 0 radical (unpaired) electrons. The number of hydrogen-bond acceptors (Lipinski definition) is 5. The zero-order chi connectivity index (χ0) is 15.0. The summed E-state index contributed by atoms with van der Waals surface area (Å²) in [6.07, 6.45) is 5.34. The van der Waals surface area contributed by atoms with Gasteiger partial charge in [-0.3, -0.25) is 0 Å². The van der Waals surface area contributed by atoms with Gasteiger partial charge in [-0.1, -0.05) is 45.1 Å². The first-order valence-corrected chi connectivity index (χ1v) is 7.70. The van der Waals surface area contributed by atoms with Gasteiger partial charge in [-0.15, -0.1) is 0 Å². The molecule has 0 heterocycles. The maximum absolute atomic E-state index is 9.90. The first-order valence-electron chi connectivity index (χ1n) is 7.70. The van der Waals surface area contributed by atoms with Crippen LogP contribution < -0.4 is 5.32 Å². The zero-order valence-corrected chi connectivity index (χ0v) is 12.3. The molecule has 1 rings (SSSR count). The van der Waals surface area contributed by atoms with Crippen molar-refractivity contribution in [1.82, 2.24) is 5.32 Å². The molecular formula is C15H29NO4. The number of aliphatic hydroxyl groups excluding tert-OH is 4. The van der Waals surface area contributed by atoms with Crippen LogP contribution in [-0.2, 0) is 0 Å². The SMILES string of the molecule is CCCCCCCCN[C@H]1C=C(CO)[C@H](O)[C@H](O)[C@H]1O. The van der Waals surface area contributed by atoms with Crippen molar-refractivity contribution < 1.29 is 20.4 Å². The van der Waals surface area contributed by atoms with Gasteiger partial charge in [0, 0.05) is 0 Å². The molecule has 118 valence electrons. The lowest BCUT2D eigenvalue weighted by Crippen LogP contribution is -2.54. The summed E-state index contributed by atoms with van der Waals surface area (Å²) in [4.78, 5) is 0. The standard InChI is InChI=1S/C15H29NO4/c1-2-3-4-5-6-7-8-16-12-9-11(10-17)13(18)15(20)14(12)19/h9,12-20H,2-8,10H2,1H3/t12-,13-,14-,15-/m0/s1. The number of unbranched alkanes of at least 4 members (excludes halogenated alkanes) is 5. The fraction of sp³-hybridized carbons (Fsp3) is 0.867. The number of rotatable bonds is 9. The van der Waals surface area contributed by atoms with Crippen LogP contribution in [0.4, 0.5) is 0 Å². The molecule has 0 unspecified atom stereocenters. The van der Waals surface area contributed by atoms with E-state index in [0.29, 0.717) is 5.57 Å². The summed E-state index contributed by atoms with van der Waals surface area (Å²) >= 11 is 0. The van der Waals surface area contributed by atoms with E-state index in [1.165, 1.54) is 25.7 Å². The summed E-state index contributed by atoms with van der Waals surface area (Å²) in [5, 5.41) is 41.6. The fourth-order valence-electron chi connectivity index (χ4n) is 2.55. The molecule has 4 atom stereocenters. The van der Waals surface area contributed by atoms with Crippen molar-refractivity contribution in [2.75, 3.05) is 13.2 Å². The highest BCUT2D eigenvalue weighted by Crippen LogP contribution is 2.20. The van der Waals surface area contributed by atoms with Gasteiger partial charge in [-0.25, -0.2) is 0 Å². The van der Waals surface area contributed by atoms with Crippen molar-refractivity contribution in [1.29, 1.82) is 0 Å². The molecule has 20 heavy (non-hydrogen) atoms. The van der Waals surface area contributed by atoms with Crippen molar-refractivity contribution in [3.63, 3.8) is 0 Å². The normalized spacial score (nSPS) is 30.4. The Labute approximate surface area is 121 Å². The van der Waals surface area contributed by atoms with E-state index in [0.717, 1.165) is 19.4 Å². The molecule has 5 N–H and O–H groups in total. The second-order valence-electron chi connectivity index (χ2n) is 5.57. The molecule has 0 aromatic carbocycles. The molecule has 5 nitrogen and oxygen atoms in total. The number of nitrogens with one attached hydrogen (secondary N) is 1. The molecule has 0 amide bonds. The lowest BCUT2D eigenvalue weighted by Gasteiger charge is -2.34. The van der Waals surface area contributed by atoms with Crippen molar-refractivity contribution in [3.8, 4) is 0 Å². The third kappa shape index (κ3) is 5.14. The molecule has 0 bridgehead atoms. The molecule has 0 aliphatic heterocycles. The number of hydrogen-bond donors (Lipinski definition) is 5. The average molecular weight is 287 g/mol. The summed E-state index contributed by atoms with van der Waals surface area (Å²) in [5.74, 6) is 0. The molecule has 0 aromatic heterocycles. The third-order valence-corrected chi connectivity index (χ3v) is 3.91. The first-order chi connectivity index (χ1) is 9.61. The van der Waals surface area contributed by atoms with Gasteiger partial charge in [0.25, 0.3) is 0 Å². The van der Waals surface area contributed by atoms with Gasteiger partial charge in [-0.2, -0.15) is 0 Å². The second-order valence-corrected chi connectivity index (χ2v) is 5.57. The lowest BCUT2D eigenvalue weighted by molar-refractivity contribution is -0.0641. The van der Waals surface area contributed by atoms with Crippen LogP contribution in [0, 0.1) is 0 Å². The minimum absolute atomic E-state index is 0.305. The Kier molecular flexibility index (Phi) is 8.33. The van der Waals surface area contributed by atoms with E-state index in [1.807, 2.05) is 0 Å². The van der Waals surface area contributed by atoms with E-state index < -0.39 is 24.4 Å². The smallest absolute Gasteiger partial charge is 0.111 e. The highest BCUT2D eigenvalue weighted by Gasteiger charge is 2.36. The topological polar surface area (TPSA) is 93.0 Å². The first kappa shape index (κ1) is 17.6. The molecule has 0 aromatic rings. The van der Waals surface area contributed by atoms with Crippen LogP contribution in [0.25, 0.3) is 0 Å². The largest absolute Gasteiger partial charge is 0.392 e. The van der Waals surface area contributed by atoms with Crippen LogP contribution in [0.15, 0.2) is 11.6 Å². The molecule has 0 saturated heterocycles. The molecule has 0 spiro atoms. The molecule has 5 heteroatoms. The molecule has 0 saturated carbocycles. The van der Waals surface area contributed by atoms with E-state index in [4.69, 9.17) is 5.11 Å². The maximum atomic E-state index is 9.90. The minimum atomic E-state index is -1.25. The third-order valence-electron chi connectivity index (χ3n) is 3.91. The van der Waals surface area contributed by atoms with Gasteiger partial charge in [0.05, 0.1) is 12.6 Å². The van der Waals surface area contributed by atoms with Crippen LogP contribution in [-0.4, -0.2) is 57.9 Å². The van der Waals surface area contributed by atoms with E-state index in [-0.39, 0.29) is 6.61 Å². The maximum Gasteiger partial charge on any atom is 0.111 e. The fourth-order valence-corrected chi connectivity index (χ4v) is 2.55. The van der Waals surface area contributed by atoms with E-state index >= 15 is 0 Å². The Morgan fingerprint density at radius 1 is 1.00 bits per heavy atom. The minimum Gasteiger partial charge on any atom is -0.392 e. The summed E-state index contributed by atoms with van der Waals surface area (Å²) in [7, 11) is 0. The van der Waals surface area contributed by atoms with Crippen molar-refractivity contribution >= 4 is 0 Å². The summed E-state index contributed by atoms with van der Waals surface area (Å²) in [6, 6.07) is -0.411. The van der Waals surface area contributed by atoms with Crippen molar-refractivity contribution in [3.05, 3.63) is 11.6 Å². The molecule has 1 aliphatic carbocycles. The molecular weight excluding hydrogens is 258 g/mol. The predicted octanol–water partition coefficient (Wildman–Crippen LogP) is 0.320. The Bertz CT molecular complexity index is 296. The summed E-state index contributed by atoms with van der Waals surface area (Å²) in [6.45, 7) is 2.64. The number of aliphatic hydroxyl groups is 4. The van der Waals surface area contributed by atoms with Crippen LogP contribution in [0.5, 0.6) is 0 Å². The van der Waals surface area contributed by atoms with Crippen LogP contribution in [0.1, 0.15) is 45.4 Å². The lowest BCUT2D eigenvalue weighted by atomic mass is 9.88. The monoisotopic (exact) mass is 287 g/mol. The Morgan fingerprint density at radius 2 is 1.65 bits per heavy atom. The van der Waals surface area contributed by atoms with E-state index in [1.54, 1.807) is 6.08 Å². The van der Waals surface area contributed by atoms with Gasteiger partial charge in [0.15, 0.2) is 0 Å². The van der Waals surface area contributed by atoms with Gasteiger partial charge < -0.3 is 25.7 Å². The Balaban J connectivity index is 2.29. The van der Waals surface area contributed by atoms with Crippen LogP contribution in [0.3, 0.4) is 0 Å². The average Bonchev–Trinajstić information content (AvgIpc) is 2.46. The van der Waals surface area contributed by atoms with Gasteiger partial charge in [0.2, 0.25) is 0 Å². The highest BCUT2D eigenvalue weighted by molar-refractivity contribution is 5.21. The Hall–Kier alpha value is -0.460. The van der Waals surface area contributed by atoms with Crippen molar-refractivity contribution in [2.45, 2.75) is 69.8 Å². The van der Waals surface area contributed by atoms with Gasteiger partial charge >= 0.3 is 0 Å². The molecule has 0 fully saturated rings. The second kappa shape index (κ2) is 9.47.